The topological polar surface area (TPSA) is 38.1 Å². The number of hydrogen-bond acceptors (Lipinski definition) is 2. The molecule has 0 bridgehead atoms. The van der Waals surface area contributed by atoms with Gasteiger partial charge in [0.25, 0.3) is 5.91 Å². The smallest absolute Gasteiger partial charge is 0.276 e. The van der Waals surface area contributed by atoms with E-state index in [1.54, 1.807) is 17.9 Å². The molecule has 5 heteroatoms. The van der Waals surface area contributed by atoms with Gasteiger partial charge >= 0.3 is 0 Å². The maximum atomic E-state index is 12.7. The van der Waals surface area contributed by atoms with Crippen molar-refractivity contribution in [2.24, 2.45) is 7.05 Å². The molecule has 0 radical (unpaired) electrons. The quantitative estimate of drug-likeness (QED) is 0.853. The Bertz CT molecular complexity index is 663. The molecule has 3 rings (SSSR count). The standard InChI is InChI=1S/C16H18ClN3O/c1-11-5-7-12(8-6-11)14-4-3-9-20(14)16(21)15-13(17)10-19(2)18-15/h5-8,10,14H,3-4,9H2,1-2H3/t14-/m1/s1. The first-order valence-electron chi connectivity index (χ1n) is 7.13. The summed E-state index contributed by atoms with van der Waals surface area (Å²) in [6, 6.07) is 8.50. The number of carbonyl (C=O) groups is 1. The molecule has 2 heterocycles. The zero-order chi connectivity index (χ0) is 15.0. The molecule has 0 N–H and O–H groups in total. The van der Waals surface area contributed by atoms with Crippen molar-refractivity contribution in [3.05, 3.63) is 52.3 Å². The monoisotopic (exact) mass is 303 g/mol. The molecule has 0 aliphatic carbocycles. The fourth-order valence-corrected chi connectivity index (χ4v) is 3.15. The van der Waals surface area contributed by atoms with Crippen molar-refractivity contribution in [2.45, 2.75) is 25.8 Å². The average molecular weight is 304 g/mol. The molecular weight excluding hydrogens is 286 g/mol. The molecule has 0 unspecified atom stereocenters. The van der Waals surface area contributed by atoms with E-state index in [1.165, 1.54) is 11.1 Å². The van der Waals surface area contributed by atoms with Crippen LogP contribution in [0.3, 0.4) is 0 Å². The Labute approximate surface area is 129 Å². The molecule has 1 aliphatic heterocycles. The summed E-state index contributed by atoms with van der Waals surface area (Å²) in [4.78, 5) is 14.6. The molecule has 1 aliphatic rings. The van der Waals surface area contributed by atoms with Crippen LogP contribution in [-0.4, -0.2) is 27.1 Å². The lowest BCUT2D eigenvalue weighted by Crippen LogP contribution is -2.31. The number of aromatic nitrogens is 2. The van der Waals surface area contributed by atoms with E-state index < -0.39 is 0 Å². The molecular formula is C16H18ClN3O. The van der Waals surface area contributed by atoms with Gasteiger partial charge in [-0.25, -0.2) is 0 Å². The highest BCUT2D eigenvalue weighted by atomic mass is 35.5. The molecule has 0 spiro atoms. The van der Waals surface area contributed by atoms with Crippen molar-refractivity contribution in [3.8, 4) is 0 Å². The highest BCUT2D eigenvalue weighted by Gasteiger charge is 2.32. The van der Waals surface area contributed by atoms with Gasteiger partial charge < -0.3 is 4.90 Å². The van der Waals surface area contributed by atoms with Gasteiger partial charge in [0.15, 0.2) is 5.69 Å². The number of amides is 1. The number of hydrogen-bond donors (Lipinski definition) is 0. The first-order valence-corrected chi connectivity index (χ1v) is 7.51. The van der Waals surface area contributed by atoms with Crippen LogP contribution in [0.25, 0.3) is 0 Å². The van der Waals surface area contributed by atoms with E-state index in [-0.39, 0.29) is 11.9 Å². The Morgan fingerprint density at radius 3 is 2.67 bits per heavy atom. The third kappa shape index (κ3) is 2.68. The summed E-state index contributed by atoms with van der Waals surface area (Å²) in [5.74, 6) is -0.0799. The first-order chi connectivity index (χ1) is 10.1. The highest BCUT2D eigenvalue weighted by Crippen LogP contribution is 2.33. The van der Waals surface area contributed by atoms with Crippen LogP contribution in [0.5, 0.6) is 0 Å². The second-order valence-electron chi connectivity index (χ2n) is 5.57. The van der Waals surface area contributed by atoms with E-state index in [0.717, 1.165) is 19.4 Å². The van der Waals surface area contributed by atoms with Crippen LogP contribution in [-0.2, 0) is 7.05 Å². The van der Waals surface area contributed by atoms with E-state index in [4.69, 9.17) is 11.6 Å². The zero-order valence-electron chi connectivity index (χ0n) is 12.2. The van der Waals surface area contributed by atoms with Gasteiger partial charge in [-0.15, -0.1) is 0 Å². The molecule has 1 amide bonds. The Hall–Kier alpha value is -1.81. The third-order valence-electron chi connectivity index (χ3n) is 3.96. The van der Waals surface area contributed by atoms with E-state index >= 15 is 0 Å². The van der Waals surface area contributed by atoms with Crippen molar-refractivity contribution in [1.82, 2.24) is 14.7 Å². The maximum absolute atomic E-state index is 12.7. The van der Waals surface area contributed by atoms with Gasteiger partial charge in [0.1, 0.15) is 0 Å². The number of rotatable bonds is 2. The van der Waals surface area contributed by atoms with E-state index in [2.05, 4.69) is 36.3 Å². The van der Waals surface area contributed by atoms with Crippen molar-refractivity contribution in [2.75, 3.05) is 6.54 Å². The lowest BCUT2D eigenvalue weighted by Gasteiger charge is -2.24. The second kappa shape index (κ2) is 5.53. The number of benzene rings is 1. The summed E-state index contributed by atoms with van der Waals surface area (Å²) < 4.78 is 1.58. The lowest BCUT2D eigenvalue weighted by molar-refractivity contribution is 0.0729. The fourth-order valence-electron chi connectivity index (χ4n) is 2.89. The number of carbonyl (C=O) groups excluding carboxylic acids is 1. The molecule has 4 nitrogen and oxygen atoms in total. The van der Waals surface area contributed by atoms with Gasteiger partial charge in [0.2, 0.25) is 0 Å². The molecule has 1 aromatic carbocycles. The number of aryl methyl sites for hydroxylation is 2. The second-order valence-corrected chi connectivity index (χ2v) is 5.97. The van der Waals surface area contributed by atoms with Crippen LogP contribution >= 0.6 is 11.6 Å². The highest BCUT2D eigenvalue weighted by molar-refractivity contribution is 6.33. The van der Waals surface area contributed by atoms with E-state index in [1.807, 2.05) is 4.90 Å². The van der Waals surface area contributed by atoms with E-state index in [9.17, 15) is 4.79 Å². The zero-order valence-corrected chi connectivity index (χ0v) is 13.0. The van der Waals surface area contributed by atoms with Gasteiger partial charge in [-0.3, -0.25) is 9.48 Å². The minimum Gasteiger partial charge on any atom is -0.330 e. The molecule has 1 atom stereocenters. The molecule has 1 aromatic heterocycles. The minimum atomic E-state index is -0.0799. The number of likely N-dealkylation sites (tertiary alicyclic amines) is 1. The molecule has 0 saturated carbocycles. The fraction of sp³-hybridized carbons (Fsp3) is 0.375. The number of nitrogens with zero attached hydrogens (tertiary/aromatic N) is 3. The van der Waals surface area contributed by atoms with Crippen molar-refractivity contribution in [1.29, 1.82) is 0 Å². The predicted octanol–water partition coefficient (Wildman–Crippen LogP) is 3.36. The average Bonchev–Trinajstić information content (AvgIpc) is 3.05. The van der Waals surface area contributed by atoms with Crippen LogP contribution in [0.1, 0.15) is 40.5 Å². The molecule has 2 aromatic rings. The Morgan fingerprint density at radius 2 is 2.05 bits per heavy atom. The predicted molar refractivity (Wildman–Crippen MR) is 82.4 cm³/mol. The summed E-state index contributed by atoms with van der Waals surface area (Å²) in [5.41, 5.74) is 2.75. The van der Waals surface area contributed by atoms with Gasteiger partial charge in [0.05, 0.1) is 11.1 Å². The van der Waals surface area contributed by atoms with Crippen molar-refractivity contribution < 1.29 is 4.79 Å². The molecule has 110 valence electrons. The SMILES string of the molecule is Cc1ccc([C@H]2CCCN2C(=O)c2nn(C)cc2Cl)cc1. The number of halogens is 1. The first kappa shape index (κ1) is 14.1. The summed E-state index contributed by atoms with van der Waals surface area (Å²) in [5, 5.41) is 4.60. The van der Waals surface area contributed by atoms with Gasteiger partial charge in [-0.2, -0.15) is 5.10 Å². The van der Waals surface area contributed by atoms with Gasteiger partial charge in [-0.1, -0.05) is 41.4 Å². The van der Waals surface area contributed by atoms with Crippen LogP contribution in [0, 0.1) is 6.92 Å². The Balaban J connectivity index is 1.88. The molecule has 1 saturated heterocycles. The minimum absolute atomic E-state index is 0.0799. The third-order valence-corrected chi connectivity index (χ3v) is 4.24. The summed E-state index contributed by atoms with van der Waals surface area (Å²) in [6.07, 6.45) is 3.65. The van der Waals surface area contributed by atoms with Crippen LogP contribution in [0.4, 0.5) is 0 Å². The Kier molecular flexibility index (Phi) is 3.72. The summed E-state index contributed by atoms with van der Waals surface area (Å²) in [7, 11) is 1.77. The van der Waals surface area contributed by atoms with E-state index in [0.29, 0.717) is 10.7 Å². The van der Waals surface area contributed by atoms with Gasteiger partial charge in [0, 0.05) is 19.8 Å². The molecule has 21 heavy (non-hydrogen) atoms. The van der Waals surface area contributed by atoms with Crippen molar-refractivity contribution >= 4 is 17.5 Å². The van der Waals surface area contributed by atoms with Crippen LogP contribution < -0.4 is 0 Å². The maximum Gasteiger partial charge on any atom is 0.276 e. The van der Waals surface area contributed by atoms with Crippen LogP contribution in [0.15, 0.2) is 30.5 Å². The van der Waals surface area contributed by atoms with Crippen LogP contribution in [0.2, 0.25) is 5.02 Å². The molecule has 1 fully saturated rings. The Morgan fingerprint density at radius 1 is 1.33 bits per heavy atom. The van der Waals surface area contributed by atoms with Crippen molar-refractivity contribution in [3.63, 3.8) is 0 Å². The largest absolute Gasteiger partial charge is 0.330 e. The summed E-state index contributed by atoms with van der Waals surface area (Å²) >= 11 is 6.10. The summed E-state index contributed by atoms with van der Waals surface area (Å²) in [6.45, 7) is 2.82. The lowest BCUT2D eigenvalue weighted by atomic mass is 10.0. The van der Waals surface area contributed by atoms with Gasteiger partial charge in [-0.05, 0) is 25.3 Å². The normalized spacial score (nSPS) is 18.2.